The number of hydrogen-bond donors (Lipinski definition) is 3. The smallest absolute Gasteiger partial charge is 0.229 e. The predicted octanol–water partition coefficient (Wildman–Crippen LogP) is 0.140. The van der Waals surface area contributed by atoms with Crippen LogP contribution in [0.3, 0.4) is 0 Å². The highest BCUT2D eigenvalue weighted by Gasteiger charge is 2.47. The Labute approximate surface area is 147 Å². The Kier molecular flexibility index (Phi) is 4.43. The van der Waals surface area contributed by atoms with E-state index in [4.69, 9.17) is 15.5 Å². The largest absolute Gasteiger partial charge is 0.390 e. The van der Waals surface area contributed by atoms with E-state index in [-0.39, 0.29) is 0 Å². The molecule has 0 radical (unpaired) electrons. The molecule has 0 saturated carbocycles. The summed E-state index contributed by atoms with van der Waals surface area (Å²) in [5.74, 6) is 2.02. The molecular weight excluding hydrogens is 322 g/mol. The fourth-order valence-electron chi connectivity index (χ4n) is 4.19. The third-order valence-corrected chi connectivity index (χ3v) is 5.75. The number of aromatic nitrogens is 2. The first kappa shape index (κ1) is 16.8. The summed E-state index contributed by atoms with van der Waals surface area (Å²) < 4.78 is 5.90. The van der Waals surface area contributed by atoms with Gasteiger partial charge in [0.2, 0.25) is 5.95 Å². The van der Waals surface area contributed by atoms with Crippen LogP contribution >= 0.6 is 0 Å². The van der Waals surface area contributed by atoms with E-state index >= 15 is 0 Å². The molecule has 2 atom stereocenters. The number of ether oxygens (including phenoxy) is 1. The van der Waals surface area contributed by atoms with Crippen LogP contribution < -0.4 is 15.5 Å². The van der Waals surface area contributed by atoms with E-state index in [1.165, 1.54) is 0 Å². The zero-order chi connectivity index (χ0) is 17.4. The van der Waals surface area contributed by atoms with Gasteiger partial charge in [-0.1, -0.05) is 0 Å². The van der Waals surface area contributed by atoms with Gasteiger partial charge in [0.05, 0.1) is 18.3 Å². The van der Waals surface area contributed by atoms with Crippen molar-refractivity contribution in [1.29, 1.82) is 0 Å². The number of nitrogen functional groups attached to an aromatic ring is 1. The van der Waals surface area contributed by atoms with Crippen molar-refractivity contribution in [3.63, 3.8) is 0 Å². The molecule has 4 rings (SSSR count). The second-order valence-electron chi connectivity index (χ2n) is 7.35. The van der Waals surface area contributed by atoms with Crippen LogP contribution in [-0.2, 0) is 4.74 Å². The van der Waals surface area contributed by atoms with Crippen LogP contribution in [-0.4, -0.2) is 70.8 Å². The molecule has 1 aromatic heterocycles. The number of nitrogens with zero attached hydrogens (tertiary/aromatic N) is 4. The molecule has 1 aromatic rings. The Morgan fingerprint density at radius 3 is 2.52 bits per heavy atom. The third-order valence-electron chi connectivity index (χ3n) is 5.75. The molecule has 8 nitrogen and oxygen atoms in total. The van der Waals surface area contributed by atoms with Gasteiger partial charge in [-0.2, -0.15) is 9.97 Å². The summed E-state index contributed by atoms with van der Waals surface area (Å²) >= 11 is 0. The summed E-state index contributed by atoms with van der Waals surface area (Å²) in [4.78, 5) is 13.4. The van der Waals surface area contributed by atoms with Gasteiger partial charge in [-0.25, -0.2) is 0 Å². The summed E-state index contributed by atoms with van der Waals surface area (Å²) in [6.45, 7) is 3.87. The molecule has 25 heavy (non-hydrogen) atoms. The van der Waals surface area contributed by atoms with Crippen LogP contribution in [0.25, 0.3) is 0 Å². The average molecular weight is 349 g/mol. The Morgan fingerprint density at radius 1 is 1.08 bits per heavy atom. The SMILES string of the molecule is Nc1cc(N2CCC3(CC2)OCC[C@H](O)[C@@H]3O)nc(N2CCCC2)n1. The molecule has 4 N–H and O–H groups in total. The van der Waals surface area contributed by atoms with Gasteiger partial charge < -0.3 is 30.5 Å². The Balaban J connectivity index is 1.49. The molecule has 138 valence electrons. The van der Waals surface area contributed by atoms with Gasteiger partial charge >= 0.3 is 0 Å². The van der Waals surface area contributed by atoms with Gasteiger partial charge in [0.15, 0.2) is 0 Å². The summed E-state index contributed by atoms with van der Waals surface area (Å²) in [7, 11) is 0. The van der Waals surface area contributed by atoms with Gasteiger partial charge in [0.1, 0.15) is 17.7 Å². The summed E-state index contributed by atoms with van der Waals surface area (Å²) in [6, 6.07) is 1.81. The molecule has 0 bridgehead atoms. The minimum atomic E-state index is -0.820. The molecule has 8 heteroatoms. The standard InChI is InChI=1S/C17H27N5O3/c18-13-11-14(20-16(19-13)22-6-1-2-7-22)21-8-4-17(5-9-21)15(24)12(23)3-10-25-17/h11-12,15,23-24H,1-10H2,(H2,18,19,20)/t12-,15-/m0/s1. The van der Waals surface area contributed by atoms with Gasteiger partial charge in [0.25, 0.3) is 0 Å². The molecule has 3 saturated heterocycles. The van der Waals surface area contributed by atoms with Crippen molar-refractivity contribution in [3.8, 4) is 0 Å². The van der Waals surface area contributed by atoms with Crippen molar-refractivity contribution in [2.24, 2.45) is 0 Å². The normalized spacial score (nSPS) is 29.4. The molecule has 1 spiro atoms. The first-order valence-electron chi connectivity index (χ1n) is 9.22. The number of aliphatic hydroxyl groups excluding tert-OH is 2. The van der Waals surface area contributed by atoms with Gasteiger partial charge in [0, 0.05) is 32.2 Å². The summed E-state index contributed by atoms with van der Waals surface area (Å²) in [6.07, 6.45) is 2.63. The zero-order valence-electron chi connectivity index (χ0n) is 14.5. The van der Waals surface area contributed by atoms with Crippen molar-refractivity contribution in [3.05, 3.63) is 6.07 Å². The van der Waals surface area contributed by atoms with Gasteiger partial charge in [-0.05, 0) is 32.1 Å². The third kappa shape index (κ3) is 3.14. The van der Waals surface area contributed by atoms with Crippen molar-refractivity contribution in [2.45, 2.75) is 49.9 Å². The number of piperidine rings is 1. The second kappa shape index (κ2) is 6.59. The topological polar surface area (TPSA) is 108 Å². The van der Waals surface area contributed by atoms with Crippen LogP contribution in [0.4, 0.5) is 17.6 Å². The summed E-state index contributed by atoms with van der Waals surface area (Å²) in [5, 5.41) is 20.4. The fourth-order valence-corrected chi connectivity index (χ4v) is 4.19. The molecular formula is C17H27N5O3. The molecule has 0 aliphatic carbocycles. The quantitative estimate of drug-likeness (QED) is 0.692. The van der Waals surface area contributed by atoms with Crippen LogP contribution in [0.5, 0.6) is 0 Å². The lowest BCUT2D eigenvalue weighted by molar-refractivity contribution is -0.205. The lowest BCUT2D eigenvalue weighted by Gasteiger charge is -2.48. The number of hydrogen-bond acceptors (Lipinski definition) is 8. The number of rotatable bonds is 2. The number of anilines is 3. The van der Waals surface area contributed by atoms with Crippen molar-refractivity contribution in [1.82, 2.24) is 9.97 Å². The molecule has 3 aliphatic heterocycles. The van der Waals surface area contributed by atoms with Crippen molar-refractivity contribution >= 4 is 17.6 Å². The van der Waals surface area contributed by atoms with E-state index in [2.05, 4.69) is 14.8 Å². The lowest BCUT2D eigenvalue weighted by Crippen LogP contribution is -2.60. The van der Waals surface area contributed by atoms with Crippen LogP contribution in [0.15, 0.2) is 6.07 Å². The van der Waals surface area contributed by atoms with Crippen molar-refractivity contribution in [2.75, 3.05) is 48.3 Å². The van der Waals surface area contributed by atoms with E-state index in [1.54, 1.807) is 0 Å². The Hall–Kier alpha value is -1.64. The first-order valence-corrected chi connectivity index (χ1v) is 9.22. The van der Waals surface area contributed by atoms with E-state index in [0.717, 1.165) is 31.7 Å². The number of aliphatic hydroxyl groups is 2. The van der Waals surface area contributed by atoms with Crippen LogP contribution in [0.2, 0.25) is 0 Å². The summed E-state index contributed by atoms with van der Waals surface area (Å²) in [5.41, 5.74) is 5.37. The maximum atomic E-state index is 10.4. The Morgan fingerprint density at radius 2 is 1.80 bits per heavy atom. The van der Waals surface area contributed by atoms with Crippen LogP contribution in [0, 0.1) is 0 Å². The molecule has 0 aromatic carbocycles. The fraction of sp³-hybridized carbons (Fsp3) is 0.765. The highest BCUT2D eigenvalue weighted by atomic mass is 16.5. The van der Waals surface area contributed by atoms with Gasteiger partial charge in [-0.3, -0.25) is 0 Å². The molecule has 3 aliphatic rings. The van der Waals surface area contributed by atoms with Gasteiger partial charge in [-0.15, -0.1) is 0 Å². The van der Waals surface area contributed by atoms with Crippen LogP contribution in [0.1, 0.15) is 32.1 Å². The second-order valence-corrected chi connectivity index (χ2v) is 7.35. The molecule has 0 unspecified atom stereocenters. The van der Waals surface area contributed by atoms with E-state index in [0.29, 0.717) is 50.7 Å². The molecule has 0 amide bonds. The maximum absolute atomic E-state index is 10.4. The Bertz CT molecular complexity index is 614. The highest BCUT2D eigenvalue weighted by Crippen LogP contribution is 2.36. The minimum absolute atomic E-state index is 0.483. The minimum Gasteiger partial charge on any atom is -0.390 e. The van der Waals surface area contributed by atoms with E-state index < -0.39 is 17.8 Å². The van der Waals surface area contributed by atoms with Crippen molar-refractivity contribution < 1.29 is 14.9 Å². The lowest BCUT2D eigenvalue weighted by atomic mass is 9.80. The van der Waals surface area contributed by atoms with E-state index in [1.807, 2.05) is 6.07 Å². The number of nitrogens with two attached hydrogens (primary N) is 1. The first-order chi connectivity index (χ1) is 12.1. The zero-order valence-corrected chi connectivity index (χ0v) is 14.5. The molecule has 4 heterocycles. The highest BCUT2D eigenvalue weighted by molar-refractivity contribution is 5.53. The predicted molar refractivity (Wildman–Crippen MR) is 94.7 cm³/mol. The monoisotopic (exact) mass is 349 g/mol. The average Bonchev–Trinajstić information content (AvgIpc) is 3.15. The maximum Gasteiger partial charge on any atom is 0.229 e. The van der Waals surface area contributed by atoms with E-state index in [9.17, 15) is 10.2 Å². The molecule has 3 fully saturated rings.